The van der Waals surface area contributed by atoms with Crippen LogP contribution in [-0.4, -0.2) is 9.97 Å². The molecule has 0 aliphatic heterocycles. The van der Waals surface area contributed by atoms with E-state index in [9.17, 15) is 4.39 Å². The highest BCUT2D eigenvalue weighted by molar-refractivity contribution is 5.07. The fourth-order valence-corrected chi connectivity index (χ4v) is 0.761. The van der Waals surface area contributed by atoms with Crippen molar-refractivity contribution in [3.63, 3.8) is 0 Å². The molecule has 0 fully saturated rings. The van der Waals surface area contributed by atoms with Gasteiger partial charge < -0.3 is 0 Å². The molecule has 0 radical (unpaired) electrons. The van der Waals surface area contributed by atoms with Gasteiger partial charge in [-0.15, -0.1) is 0 Å². The first kappa shape index (κ1) is 7.61. The second-order valence-electron chi connectivity index (χ2n) is 2.06. The number of nitrogens with zero attached hydrogens (tertiary/aromatic N) is 3. The SMILES string of the molecule is Cc1nc(F)cc(CC#N)n1. The second-order valence-corrected chi connectivity index (χ2v) is 2.06. The fourth-order valence-electron chi connectivity index (χ4n) is 0.761. The van der Waals surface area contributed by atoms with Gasteiger partial charge in [0.2, 0.25) is 5.95 Å². The average molecular weight is 151 g/mol. The molecule has 0 spiro atoms. The van der Waals surface area contributed by atoms with E-state index < -0.39 is 5.95 Å². The quantitative estimate of drug-likeness (QED) is 0.562. The monoisotopic (exact) mass is 151 g/mol. The Balaban J connectivity index is 3.01. The summed E-state index contributed by atoms with van der Waals surface area (Å²) >= 11 is 0. The first-order chi connectivity index (χ1) is 5.22. The van der Waals surface area contributed by atoms with Gasteiger partial charge in [-0.1, -0.05) is 0 Å². The summed E-state index contributed by atoms with van der Waals surface area (Å²) < 4.78 is 12.5. The van der Waals surface area contributed by atoms with Crippen LogP contribution in [-0.2, 0) is 6.42 Å². The van der Waals surface area contributed by atoms with Crippen LogP contribution < -0.4 is 0 Å². The molecule has 4 heteroatoms. The Hall–Kier alpha value is -1.50. The Labute approximate surface area is 63.5 Å². The third kappa shape index (κ3) is 1.97. The van der Waals surface area contributed by atoms with Gasteiger partial charge in [0.1, 0.15) is 5.82 Å². The van der Waals surface area contributed by atoms with Crippen molar-refractivity contribution >= 4 is 0 Å². The van der Waals surface area contributed by atoms with Crippen LogP contribution in [0.25, 0.3) is 0 Å². The van der Waals surface area contributed by atoms with Gasteiger partial charge in [-0.2, -0.15) is 9.65 Å². The fraction of sp³-hybridized carbons (Fsp3) is 0.286. The van der Waals surface area contributed by atoms with Crippen molar-refractivity contribution in [3.8, 4) is 6.07 Å². The van der Waals surface area contributed by atoms with Crippen LogP contribution in [0.15, 0.2) is 6.07 Å². The molecule has 0 N–H and O–H groups in total. The number of hydrogen-bond donors (Lipinski definition) is 0. The Morgan fingerprint density at radius 2 is 2.36 bits per heavy atom. The molecule has 1 rings (SSSR count). The summed E-state index contributed by atoms with van der Waals surface area (Å²) in [5.74, 6) is -0.224. The molecule has 11 heavy (non-hydrogen) atoms. The molecule has 0 bridgehead atoms. The summed E-state index contributed by atoms with van der Waals surface area (Å²) in [5.41, 5.74) is 0.428. The third-order valence-corrected chi connectivity index (χ3v) is 1.12. The highest BCUT2D eigenvalue weighted by Crippen LogP contribution is 1.99. The summed E-state index contributed by atoms with van der Waals surface area (Å²) in [6.45, 7) is 1.59. The summed E-state index contributed by atoms with van der Waals surface area (Å²) in [4.78, 5) is 7.28. The summed E-state index contributed by atoms with van der Waals surface area (Å²) in [5, 5.41) is 8.27. The maximum atomic E-state index is 12.5. The lowest BCUT2D eigenvalue weighted by atomic mass is 10.3. The zero-order valence-corrected chi connectivity index (χ0v) is 6.00. The minimum atomic E-state index is -0.581. The van der Waals surface area contributed by atoms with Crippen LogP contribution >= 0.6 is 0 Å². The molecule has 0 saturated carbocycles. The number of aryl methyl sites for hydroxylation is 1. The topological polar surface area (TPSA) is 49.6 Å². The molecular formula is C7H6FN3. The Bertz CT molecular complexity index is 283. The lowest BCUT2D eigenvalue weighted by Crippen LogP contribution is -1.96. The van der Waals surface area contributed by atoms with E-state index >= 15 is 0 Å². The minimum absolute atomic E-state index is 0.125. The van der Waals surface area contributed by atoms with E-state index in [0.29, 0.717) is 11.5 Å². The third-order valence-electron chi connectivity index (χ3n) is 1.12. The molecule has 1 heterocycles. The van der Waals surface area contributed by atoms with Gasteiger partial charge in [0.05, 0.1) is 18.2 Å². The van der Waals surface area contributed by atoms with E-state index in [-0.39, 0.29) is 6.42 Å². The average Bonchev–Trinajstić information content (AvgIpc) is 1.85. The number of hydrogen-bond acceptors (Lipinski definition) is 3. The predicted octanol–water partition coefficient (Wildman–Crippen LogP) is 0.990. The van der Waals surface area contributed by atoms with Gasteiger partial charge in [-0.25, -0.2) is 9.97 Å². The van der Waals surface area contributed by atoms with Crippen molar-refractivity contribution < 1.29 is 4.39 Å². The maximum Gasteiger partial charge on any atom is 0.216 e. The molecule has 1 aromatic rings. The Morgan fingerprint density at radius 3 is 2.91 bits per heavy atom. The van der Waals surface area contributed by atoms with Gasteiger partial charge >= 0.3 is 0 Å². The van der Waals surface area contributed by atoms with Gasteiger partial charge in [0, 0.05) is 6.07 Å². The van der Waals surface area contributed by atoms with Crippen molar-refractivity contribution in [1.82, 2.24) is 9.97 Å². The number of halogens is 1. The van der Waals surface area contributed by atoms with Crippen LogP contribution in [0.1, 0.15) is 11.5 Å². The highest BCUT2D eigenvalue weighted by Gasteiger charge is 1.99. The van der Waals surface area contributed by atoms with E-state index in [1.165, 1.54) is 0 Å². The van der Waals surface area contributed by atoms with Crippen LogP contribution in [0.3, 0.4) is 0 Å². The molecule has 0 aliphatic rings. The molecule has 3 nitrogen and oxygen atoms in total. The Morgan fingerprint density at radius 1 is 1.64 bits per heavy atom. The molecule has 0 saturated heterocycles. The van der Waals surface area contributed by atoms with Crippen LogP contribution in [0, 0.1) is 24.2 Å². The number of rotatable bonds is 1. The van der Waals surface area contributed by atoms with Gasteiger partial charge in [0.15, 0.2) is 0 Å². The van der Waals surface area contributed by atoms with Crippen molar-refractivity contribution in [3.05, 3.63) is 23.5 Å². The van der Waals surface area contributed by atoms with Gasteiger partial charge in [0.25, 0.3) is 0 Å². The second kappa shape index (κ2) is 3.06. The van der Waals surface area contributed by atoms with Gasteiger partial charge in [-0.05, 0) is 6.92 Å². The molecule has 0 unspecified atom stereocenters. The molecule has 0 amide bonds. The first-order valence-corrected chi connectivity index (χ1v) is 3.09. The lowest BCUT2D eigenvalue weighted by Gasteiger charge is -1.95. The maximum absolute atomic E-state index is 12.5. The first-order valence-electron chi connectivity index (χ1n) is 3.09. The number of nitriles is 1. The molecule has 1 aromatic heterocycles. The molecule has 0 aromatic carbocycles. The minimum Gasteiger partial charge on any atom is -0.237 e. The lowest BCUT2D eigenvalue weighted by molar-refractivity contribution is 0.571. The molecule has 0 atom stereocenters. The molecular weight excluding hydrogens is 145 g/mol. The summed E-state index contributed by atoms with van der Waals surface area (Å²) in [6.07, 6.45) is 0.125. The largest absolute Gasteiger partial charge is 0.237 e. The van der Waals surface area contributed by atoms with E-state index in [2.05, 4.69) is 9.97 Å². The van der Waals surface area contributed by atoms with Crippen LogP contribution in [0.4, 0.5) is 4.39 Å². The van der Waals surface area contributed by atoms with Crippen LogP contribution in [0.5, 0.6) is 0 Å². The smallest absolute Gasteiger partial charge is 0.216 e. The zero-order valence-electron chi connectivity index (χ0n) is 6.00. The van der Waals surface area contributed by atoms with E-state index in [4.69, 9.17) is 5.26 Å². The molecule has 56 valence electrons. The highest BCUT2D eigenvalue weighted by atomic mass is 19.1. The summed E-state index contributed by atoms with van der Waals surface area (Å²) in [6, 6.07) is 3.04. The molecule has 0 aliphatic carbocycles. The standard InChI is InChI=1S/C7H6FN3/c1-5-10-6(2-3-9)4-7(8)11-5/h4H,2H2,1H3. The van der Waals surface area contributed by atoms with Crippen molar-refractivity contribution in [2.45, 2.75) is 13.3 Å². The zero-order chi connectivity index (χ0) is 8.27. The van der Waals surface area contributed by atoms with Crippen LogP contribution in [0.2, 0.25) is 0 Å². The van der Waals surface area contributed by atoms with E-state index in [0.717, 1.165) is 6.07 Å². The van der Waals surface area contributed by atoms with Crippen molar-refractivity contribution in [2.24, 2.45) is 0 Å². The number of aromatic nitrogens is 2. The summed E-state index contributed by atoms with van der Waals surface area (Å²) in [7, 11) is 0. The predicted molar refractivity (Wildman–Crippen MR) is 36.0 cm³/mol. The van der Waals surface area contributed by atoms with Crippen molar-refractivity contribution in [1.29, 1.82) is 5.26 Å². The normalized spacial score (nSPS) is 9.18. The van der Waals surface area contributed by atoms with E-state index in [1.54, 1.807) is 6.92 Å². The Kier molecular flexibility index (Phi) is 2.12. The van der Waals surface area contributed by atoms with Gasteiger partial charge in [-0.3, -0.25) is 0 Å². The van der Waals surface area contributed by atoms with Crippen molar-refractivity contribution in [2.75, 3.05) is 0 Å². The van der Waals surface area contributed by atoms with E-state index in [1.807, 2.05) is 6.07 Å².